The Morgan fingerprint density at radius 3 is 1.83 bits per heavy atom. The molecule has 0 aliphatic rings. The maximum Gasteiger partial charge on any atom is 0.416 e. The Labute approximate surface area is 133 Å². The minimum atomic E-state index is -4.93. The van der Waals surface area contributed by atoms with Crippen LogP contribution in [0.2, 0.25) is 0 Å². The maximum atomic E-state index is 12.9. The van der Waals surface area contributed by atoms with Crippen LogP contribution in [0.15, 0.2) is 30.3 Å². The summed E-state index contributed by atoms with van der Waals surface area (Å²) in [5.41, 5.74) is 2.88. The van der Waals surface area contributed by atoms with Crippen molar-refractivity contribution in [3.8, 4) is 17.2 Å². The first-order chi connectivity index (χ1) is 10.9. The van der Waals surface area contributed by atoms with Gasteiger partial charge >= 0.3 is 12.4 Å². The first-order valence-corrected chi connectivity index (χ1v) is 6.54. The van der Waals surface area contributed by atoms with E-state index < -0.39 is 23.5 Å². The van der Waals surface area contributed by atoms with Crippen LogP contribution in [0, 0.1) is 18.3 Å². The molecule has 0 atom stereocenters. The Morgan fingerprint density at radius 2 is 1.42 bits per heavy atom. The third-order valence-electron chi connectivity index (χ3n) is 3.51. The Kier molecular flexibility index (Phi) is 4.23. The fourth-order valence-electron chi connectivity index (χ4n) is 2.30. The number of halogens is 6. The predicted octanol–water partition coefficient (Wildman–Crippen LogP) is 5.15. The molecule has 2 aromatic rings. The topological polar surface area (TPSA) is 49.8 Å². The molecule has 0 spiro atoms. The number of nitrogens with zero attached hydrogens (tertiary/aromatic N) is 1. The van der Waals surface area contributed by atoms with Gasteiger partial charge in [0.2, 0.25) is 0 Å². The molecule has 0 saturated heterocycles. The second-order valence-electron chi connectivity index (χ2n) is 5.11. The number of nitrogen functional groups attached to an aromatic ring is 1. The normalized spacial score (nSPS) is 12.1. The van der Waals surface area contributed by atoms with E-state index in [0.717, 1.165) is 0 Å². The summed E-state index contributed by atoms with van der Waals surface area (Å²) < 4.78 is 77.5. The molecule has 0 saturated carbocycles. The van der Waals surface area contributed by atoms with Crippen LogP contribution in [0.5, 0.6) is 0 Å². The molecule has 0 amide bonds. The van der Waals surface area contributed by atoms with E-state index in [-0.39, 0.29) is 34.0 Å². The molecule has 0 heterocycles. The Balaban J connectivity index is 2.78. The summed E-state index contributed by atoms with van der Waals surface area (Å²) in [6.07, 6.45) is -9.87. The van der Waals surface area contributed by atoms with E-state index in [0.29, 0.717) is 12.1 Å². The zero-order valence-corrected chi connectivity index (χ0v) is 12.2. The van der Waals surface area contributed by atoms with Crippen molar-refractivity contribution in [3.63, 3.8) is 0 Å². The van der Waals surface area contributed by atoms with E-state index in [9.17, 15) is 26.3 Å². The van der Waals surface area contributed by atoms with Gasteiger partial charge in [-0.15, -0.1) is 0 Å². The fourth-order valence-corrected chi connectivity index (χ4v) is 2.30. The van der Waals surface area contributed by atoms with Crippen molar-refractivity contribution in [2.24, 2.45) is 0 Å². The summed E-state index contributed by atoms with van der Waals surface area (Å²) in [6.45, 7) is 1.41. The van der Waals surface area contributed by atoms with Crippen LogP contribution in [0.4, 0.5) is 32.0 Å². The molecule has 0 unspecified atom stereocenters. The summed E-state index contributed by atoms with van der Waals surface area (Å²) >= 11 is 0. The molecule has 2 rings (SSSR count). The zero-order chi connectivity index (χ0) is 18.3. The Bertz CT molecular complexity index is 796. The van der Waals surface area contributed by atoms with Crippen molar-refractivity contribution in [1.29, 1.82) is 5.26 Å². The van der Waals surface area contributed by atoms with E-state index >= 15 is 0 Å². The molecule has 0 bridgehead atoms. The summed E-state index contributed by atoms with van der Waals surface area (Å²) in [5.74, 6) is 0. The quantitative estimate of drug-likeness (QED) is 0.574. The van der Waals surface area contributed by atoms with Crippen LogP contribution in [0.3, 0.4) is 0 Å². The van der Waals surface area contributed by atoms with Crippen LogP contribution in [-0.4, -0.2) is 0 Å². The van der Waals surface area contributed by atoms with Crippen LogP contribution in [0.1, 0.15) is 22.3 Å². The number of hydrogen-bond acceptors (Lipinski definition) is 2. The molecule has 2 N–H and O–H groups in total. The molecule has 0 fully saturated rings. The van der Waals surface area contributed by atoms with Crippen molar-refractivity contribution in [2.75, 3.05) is 5.73 Å². The van der Waals surface area contributed by atoms with E-state index in [4.69, 9.17) is 11.0 Å². The van der Waals surface area contributed by atoms with E-state index in [2.05, 4.69) is 0 Å². The van der Waals surface area contributed by atoms with Crippen LogP contribution in [-0.2, 0) is 12.4 Å². The van der Waals surface area contributed by atoms with Crippen molar-refractivity contribution >= 4 is 5.69 Å². The molecule has 24 heavy (non-hydrogen) atoms. The molecule has 0 radical (unpaired) electrons. The molecule has 0 aliphatic heterocycles. The van der Waals surface area contributed by atoms with Crippen LogP contribution < -0.4 is 5.73 Å². The molecule has 8 heteroatoms. The second-order valence-corrected chi connectivity index (χ2v) is 5.11. The van der Waals surface area contributed by atoms with Crippen LogP contribution in [0.25, 0.3) is 11.1 Å². The smallest absolute Gasteiger partial charge is 0.398 e. The average Bonchev–Trinajstić information content (AvgIpc) is 2.45. The number of benzene rings is 2. The van der Waals surface area contributed by atoms with Gasteiger partial charge in [-0.3, -0.25) is 0 Å². The highest BCUT2D eigenvalue weighted by molar-refractivity contribution is 5.75. The number of rotatable bonds is 1. The lowest BCUT2D eigenvalue weighted by Crippen LogP contribution is -2.11. The predicted molar refractivity (Wildman–Crippen MR) is 75.7 cm³/mol. The maximum absolute atomic E-state index is 12.9. The van der Waals surface area contributed by atoms with Gasteiger partial charge in [0, 0.05) is 5.69 Å². The monoisotopic (exact) mass is 344 g/mol. The lowest BCUT2D eigenvalue weighted by Gasteiger charge is -2.16. The van der Waals surface area contributed by atoms with Gasteiger partial charge in [-0.25, -0.2) is 0 Å². The highest BCUT2D eigenvalue weighted by Crippen LogP contribution is 2.39. The van der Waals surface area contributed by atoms with Gasteiger partial charge in [0.1, 0.15) is 6.07 Å². The van der Waals surface area contributed by atoms with Gasteiger partial charge in [-0.2, -0.15) is 31.6 Å². The van der Waals surface area contributed by atoms with Gasteiger partial charge in [-0.05, 0) is 47.9 Å². The third kappa shape index (κ3) is 3.30. The van der Waals surface area contributed by atoms with Gasteiger partial charge in [0.15, 0.2) is 0 Å². The van der Waals surface area contributed by atoms with Crippen molar-refractivity contribution in [1.82, 2.24) is 0 Å². The highest BCUT2D eigenvalue weighted by Gasteiger charge is 2.37. The van der Waals surface area contributed by atoms with Gasteiger partial charge in [-0.1, -0.05) is 6.07 Å². The minimum absolute atomic E-state index is 0.0125. The molecular weight excluding hydrogens is 334 g/mol. The number of hydrogen-bond donors (Lipinski definition) is 1. The lowest BCUT2D eigenvalue weighted by molar-refractivity contribution is -0.143. The fraction of sp³-hybridized carbons (Fsp3) is 0.188. The van der Waals surface area contributed by atoms with Crippen molar-refractivity contribution in [2.45, 2.75) is 19.3 Å². The van der Waals surface area contributed by atoms with Gasteiger partial charge in [0.05, 0.1) is 16.7 Å². The number of alkyl halides is 6. The molecule has 2 nitrogen and oxygen atoms in total. The van der Waals surface area contributed by atoms with E-state index in [1.807, 2.05) is 0 Å². The van der Waals surface area contributed by atoms with E-state index in [1.54, 1.807) is 6.07 Å². The second kappa shape index (κ2) is 5.74. The number of anilines is 1. The van der Waals surface area contributed by atoms with Gasteiger partial charge in [0.25, 0.3) is 0 Å². The summed E-state index contributed by atoms with van der Waals surface area (Å²) in [4.78, 5) is 0. The van der Waals surface area contributed by atoms with Crippen LogP contribution >= 0.6 is 0 Å². The summed E-state index contributed by atoms with van der Waals surface area (Å²) in [7, 11) is 0. The molecule has 0 aliphatic carbocycles. The summed E-state index contributed by atoms with van der Waals surface area (Å²) in [6, 6.07) is 5.66. The lowest BCUT2D eigenvalue weighted by atomic mass is 9.93. The highest BCUT2D eigenvalue weighted by atomic mass is 19.4. The number of nitrogens with two attached hydrogens (primary N) is 1. The Hall–Kier alpha value is -2.69. The SMILES string of the molecule is Cc1c(-c2cc(C(F)(F)F)cc(C(F)(F)F)c2)ccc(N)c1C#N. The van der Waals surface area contributed by atoms with Crippen molar-refractivity contribution < 1.29 is 26.3 Å². The molecule has 2 aromatic carbocycles. The minimum Gasteiger partial charge on any atom is -0.398 e. The average molecular weight is 344 g/mol. The largest absolute Gasteiger partial charge is 0.416 e. The van der Waals surface area contributed by atoms with Crippen molar-refractivity contribution in [3.05, 3.63) is 52.6 Å². The first-order valence-electron chi connectivity index (χ1n) is 6.54. The molecule has 0 aromatic heterocycles. The zero-order valence-electron chi connectivity index (χ0n) is 12.2. The molecular formula is C16H10F6N2. The number of nitriles is 1. The third-order valence-corrected chi connectivity index (χ3v) is 3.51. The molecule has 126 valence electrons. The standard InChI is InChI=1S/C16H10F6N2/c1-8-12(2-3-14(24)13(8)7-23)9-4-10(15(17,18)19)6-11(5-9)16(20,21)22/h2-6H,24H2,1H3. The first kappa shape index (κ1) is 17.7. The van der Waals surface area contributed by atoms with E-state index in [1.165, 1.54) is 19.1 Å². The summed E-state index contributed by atoms with van der Waals surface area (Å²) in [5, 5.41) is 9.05. The Morgan fingerprint density at radius 1 is 0.917 bits per heavy atom. The van der Waals surface area contributed by atoms with Gasteiger partial charge < -0.3 is 5.73 Å².